The van der Waals surface area contributed by atoms with Crippen LogP contribution in [0.15, 0.2) is 24.3 Å². The normalized spacial score (nSPS) is 20.6. The van der Waals surface area contributed by atoms with Gasteiger partial charge in [0.05, 0.1) is 5.69 Å². The van der Waals surface area contributed by atoms with Crippen LogP contribution in [0, 0.1) is 24.6 Å². The summed E-state index contributed by atoms with van der Waals surface area (Å²) in [5, 5.41) is 4.69. The molecule has 0 radical (unpaired) electrons. The van der Waals surface area contributed by atoms with E-state index in [1.807, 2.05) is 19.1 Å². The second kappa shape index (κ2) is 6.57. The minimum absolute atomic E-state index is 0.191. The molecule has 2 aliphatic rings. The van der Waals surface area contributed by atoms with Crippen LogP contribution in [0.1, 0.15) is 55.6 Å². The van der Waals surface area contributed by atoms with E-state index in [1.54, 1.807) is 17.4 Å². The lowest BCUT2D eigenvalue weighted by Crippen LogP contribution is -2.42. The zero-order chi connectivity index (χ0) is 16.7. The highest BCUT2D eigenvalue weighted by Gasteiger charge is 2.39. The van der Waals surface area contributed by atoms with Crippen molar-refractivity contribution in [3.8, 4) is 10.6 Å². The quantitative estimate of drug-likeness (QED) is 0.750. The SMILES string of the molecule is Cc1nc(-c2ccccc2F)sc1C(C)NC(C1CCC1)C1CC1. The predicted molar refractivity (Wildman–Crippen MR) is 97.6 cm³/mol. The smallest absolute Gasteiger partial charge is 0.133 e. The van der Waals surface area contributed by atoms with E-state index in [9.17, 15) is 4.39 Å². The maximum absolute atomic E-state index is 14.1. The van der Waals surface area contributed by atoms with Gasteiger partial charge in [0.1, 0.15) is 10.8 Å². The van der Waals surface area contributed by atoms with Gasteiger partial charge in [0, 0.05) is 22.5 Å². The molecule has 1 aromatic heterocycles. The molecule has 2 unspecified atom stereocenters. The molecule has 0 bridgehead atoms. The molecule has 1 aromatic carbocycles. The Morgan fingerprint density at radius 1 is 1.17 bits per heavy atom. The highest BCUT2D eigenvalue weighted by Crippen LogP contribution is 2.43. The summed E-state index contributed by atoms with van der Waals surface area (Å²) < 4.78 is 14.1. The number of aryl methyl sites for hydroxylation is 1. The number of rotatable bonds is 6. The summed E-state index contributed by atoms with van der Waals surface area (Å²) in [5.41, 5.74) is 1.64. The molecule has 24 heavy (non-hydrogen) atoms. The number of aromatic nitrogens is 1. The second-order valence-electron chi connectivity index (χ2n) is 7.39. The van der Waals surface area contributed by atoms with E-state index in [2.05, 4.69) is 17.2 Å². The lowest BCUT2D eigenvalue weighted by molar-refractivity contribution is 0.198. The fourth-order valence-corrected chi connectivity index (χ4v) is 4.94. The van der Waals surface area contributed by atoms with Crippen LogP contribution in [0.3, 0.4) is 0 Å². The van der Waals surface area contributed by atoms with Gasteiger partial charge in [-0.3, -0.25) is 0 Å². The topological polar surface area (TPSA) is 24.9 Å². The Labute approximate surface area is 147 Å². The molecule has 128 valence electrons. The lowest BCUT2D eigenvalue weighted by atomic mass is 9.77. The van der Waals surface area contributed by atoms with Crippen molar-refractivity contribution in [1.29, 1.82) is 0 Å². The third-order valence-corrected chi connectivity index (χ3v) is 6.93. The van der Waals surface area contributed by atoms with Crippen molar-refractivity contribution >= 4 is 11.3 Å². The van der Waals surface area contributed by atoms with Gasteiger partial charge in [0.25, 0.3) is 0 Å². The van der Waals surface area contributed by atoms with Crippen LogP contribution in [0.2, 0.25) is 0 Å². The Morgan fingerprint density at radius 2 is 1.88 bits per heavy atom. The van der Waals surface area contributed by atoms with E-state index in [0.717, 1.165) is 22.5 Å². The fraction of sp³-hybridized carbons (Fsp3) is 0.550. The number of thiazole rings is 1. The first-order valence-corrected chi connectivity index (χ1v) is 9.93. The first-order valence-electron chi connectivity index (χ1n) is 9.11. The second-order valence-corrected chi connectivity index (χ2v) is 8.42. The standard InChI is InChI=1S/C20H25FN2S/c1-12(22-18(15-10-11-15)14-6-5-7-14)19-13(2)23-20(24-19)16-8-3-4-9-17(16)21/h3-4,8-9,12,14-15,18,22H,5-7,10-11H2,1-2H3. The maximum Gasteiger partial charge on any atom is 0.133 e. The molecular weight excluding hydrogens is 319 g/mol. The molecule has 0 aliphatic heterocycles. The molecule has 2 fully saturated rings. The van der Waals surface area contributed by atoms with Crippen molar-refractivity contribution < 1.29 is 4.39 Å². The van der Waals surface area contributed by atoms with Gasteiger partial charge in [-0.2, -0.15) is 0 Å². The third kappa shape index (κ3) is 3.14. The number of nitrogens with one attached hydrogen (secondary N) is 1. The number of halogens is 1. The van der Waals surface area contributed by atoms with Crippen LogP contribution in [0.4, 0.5) is 4.39 Å². The van der Waals surface area contributed by atoms with E-state index < -0.39 is 0 Å². The molecule has 2 nitrogen and oxygen atoms in total. The molecule has 2 aliphatic carbocycles. The van der Waals surface area contributed by atoms with E-state index in [0.29, 0.717) is 11.6 Å². The molecule has 4 rings (SSSR count). The first-order chi connectivity index (χ1) is 11.6. The summed E-state index contributed by atoms with van der Waals surface area (Å²) in [7, 11) is 0. The Bertz CT molecular complexity index is 718. The first kappa shape index (κ1) is 16.2. The molecule has 0 spiro atoms. The lowest BCUT2D eigenvalue weighted by Gasteiger charge is -2.36. The monoisotopic (exact) mass is 344 g/mol. The van der Waals surface area contributed by atoms with Gasteiger partial charge in [0.2, 0.25) is 0 Å². The molecule has 2 atom stereocenters. The molecule has 0 amide bonds. The number of hydrogen-bond acceptors (Lipinski definition) is 3. The molecule has 4 heteroatoms. The zero-order valence-corrected chi connectivity index (χ0v) is 15.2. The highest BCUT2D eigenvalue weighted by molar-refractivity contribution is 7.15. The largest absolute Gasteiger partial charge is 0.306 e. The molecular formula is C20H25FN2S. The Hall–Kier alpha value is -1.26. The minimum Gasteiger partial charge on any atom is -0.306 e. The molecule has 0 saturated heterocycles. The van der Waals surface area contributed by atoms with Crippen LogP contribution in [-0.2, 0) is 0 Å². The molecule has 2 saturated carbocycles. The Morgan fingerprint density at radius 3 is 2.50 bits per heavy atom. The highest BCUT2D eigenvalue weighted by atomic mass is 32.1. The number of benzene rings is 1. The van der Waals surface area contributed by atoms with Gasteiger partial charge in [-0.25, -0.2) is 9.37 Å². The van der Waals surface area contributed by atoms with Crippen molar-refractivity contribution in [2.45, 2.75) is 58.0 Å². The van der Waals surface area contributed by atoms with Gasteiger partial charge >= 0.3 is 0 Å². The van der Waals surface area contributed by atoms with Crippen LogP contribution >= 0.6 is 11.3 Å². The predicted octanol–water partition coefficient (Wildman–Crippen LogP) is 5.49. The summed E-state index contributed by atoms with van der Waals surface area (Å²) in [6, 6.07) is 7.87. The fourth-order valence-electron chi connectivity index (χ4n) is 3.84. The average molecular weight is 344 g/mol. The maximum atomic E-state index is 14.1. The minimum atomic E-state index is -0.191. The van der Waals surface area contributed by atoms with E-state index >= 15 is 0 Å². The molecule has 1 N–H and O–H groups in total. The third-order valence-electron chi connectivity index (χ3n) is 5.56. The Kier molecular flexibility index (Phi) is 4.44. The number of nitrogens with zero attached hydrogens (tertiary/aromatic N) is 1. The Balaban J connectivity index is 1.54. The van der Waals surface area contributed by atoms with E-state index in [1.165, 1.54) is 43.0 Å². The van der Waals surface area contributed by atoms with E-state index in [4.69, 9.17) is 0 Å². The van der Waals surface area contributed by atoms with E-state index in [-0.39, 0.29) is 11.9 Å². The summed E-state index contributed by atoms with van der Waals surface area (Å²) in [6.07, 6.45) is 6.90. The summed E-state index contributed by atoms with van der Waals surface area (Å²) in [5.74, 6) is 1.54. The molecule has 1 heterocycles. The zero-order valence-electron chi connectivity index (χ0n) is 14.4. The summed E-state index contributed by atoms with van der Waals surface area (Å²) >= 11 is 1.63. The van der Waals surface area contributed by atoms with Gasteiger partial charge < -0.3 is 5.32 Å². The van der Waals surface area contributed by atoms with Crippen molar-refractivity contribution in [3.63, 3.8) is 0 Å². The van der Waals surface area contributed by atoms with Crippen molar-refractivity contribution in [1.82, 2.24) is 10.3 Å². The number of hydrogen-bond donors (Lipinski definition) is 1. The van der Waals surface area contributed by atoms with Crippen LogP contribution in [-0.4, -0.2) is 11.0 Å². The summed E-state index contributed by atoms with van der Waals surface area (Å²) in [6.45, 7) is 4.28. The molecule has 2 aromatic rings. The van der Waals surface area contributed by atoms with Crippen LogP contribution < -0.4 is 5.32 Å². The van der Waals surface area contributed by atoms with Gasteiger partial charge in [-0.15, -0.1) is 11.3 Å². The van der Waals surface area contributed by atoms with Crippen LogP contribution in [0.25, 0.3) is 10.6 Å². The van der Waals surface area contributed by atoms with Crippen molar-refractivity contribution in [2.24, 2.45) is 11.8 Å². The van der Waals surface area contributed by atoms with Gasteiger partial charge in [0.15, 0.2) is 0 Å². The average Bonchev–Trinajstić information content (AvgIpc) is 3.28. The van der Waals surface area contributed by atoms with Crippen LogP contribution in [0.5, 0.6) is 0 Å². The van der Waals surface area contributed by atoms with Crippen molar-refractivity contribution in [2.75, 3.05) is 0 Å². The van der Waals surface area contributed by atoms with Gasteiger partial charge in [-0.1, -0.05) is 18.6 Å². The summed E-state index contributed by atoms with van der Waals surface area (Å²) in [4.78, 5) is 5.90. The van der Waals surface area contributed by atoms with Crippen molar-refractivity contribution in [3.05, 3.63) is 40.7 Å². The van der Waals surface area contributed by atoms with Gasteiger partial charge in [-0.05, 0) is 63.5 Å².